The van der Waals surface area contributed by atoms with Gasteiger partial charge in [0.2, 0.25) is 0 Å². The van der Waals surface area contributed by atoms with Gasteiger partial charge in [-0.15, -0.1) is 0 Å². The van der Waals surface area contributed by atoms with E-state index in [4.69, 9.17) is 9.47 Å². The third-order valence-corrected chi connectivity index (χ3v) is 2.68. The van der Waals surface area contributed by atoms with Crippen LogP contribution in [-0.4, -0.2) is 18.8 Å². The van der Waals surface area contributed by atoms with Crippen LogP contribution >= 0.6 is 0 Å². The smallest absolute Gasteiger partial charge is 0.127 e. The van der Waals surface area contributed by atoms with E-state index in [9.17, 15) is 0 Å². The molecule has 0 unspecified atom stereocenters. The molecule has 0 amide bonds. The maximum absolute atomic E-state index is 5.73. The fourth-order valence-corrected chi connectivity index (χ4v) is 1.63. The van der Waals surface area contributed by atoms with Crippen molar-refractivity contribution >= 4 is 0 Å². The second-order valence-electron chi connectivity index (χ2n) is 5.82. The maximum Gasteiger partial charge on any atom is 0.127 e. The first-order valence-corrected chi connectivity index (χ1v) is 7.20. The van der Waals surface area contributed by atoms with Crippen molar-refractivity contribution in [1.29, 1.82) is 0 Å². The van der Waals surface area contributed by atoms with E-state index in [1.54, 1.807) is 6.08 Å². The Hall–Kier alpha value is -1.48. The van der Waals surface area contributed by atoms with Crippen LogP contribution in [0.15, 0.2) is 30.9 Å². The van der Waals surface area contributed by atoms with Gasteiger partial charge in [-0.2, -0.15) is 0 Å². The molecule has 0 aliphatic heterocycles. The first-order chi connectivity index (χ1) is 9.46. The van der Waals surface area contributed by atoms with Crippen LogP contribution in [0.4, 0.5) is 0 Å². The summed E-state index contributed by atoms with van der Waals surface area (Å²) in [4.78, 5) is 0. The molecule has 20 heavy (non-hydrogen) atoms. The highest BCUT2D eigenvalue weighted by atomic mass is 16.5. The minimum atomic E-state index is 0.0765. The third-order valence-electron chi connectivity index (χ3n) is 2.68. The van der Waals surface area contributed by atoms with Crippen molar-refractivity contribution in [3.63, 3.8) is 0 Å². The normalized spacial score (nSPS) is 11.2. The van der Waals surface area contributed by atoms with E-state index in [1.807, 2.05) is 12.1 Å². The number of ether oxygens (including phenoxy) is 2. The van der Waals surface area contributed by atoms with Gasteiger partial charge >= 0.3 is 0 Å². The second-order valence-corrected chi connectivity index (χ2v) is 5.82. The predicted octanol–water partition coefficient (Wildman–Crippen LogP) is 3.93. The summed E-state index contributed by atoms with van der Waals surface area (Å²) in [5.41, 5.74) is 1.21. The number of hydrogen-bond donors (Lipinski definition) is 1. The largest absolute Gasteiger partial charge is 0.493 e. The minimum absolute atomic E-state index is 0.0765. The summed E-state index contributed by atoms with van der Waals surface area (Å²) >= 11 is 0. The summed E-state index contributed by atoms with van der Waals surface area (Å²) in [6.07, 6.45) is 2.75. The molecule has 1 N–H and O–H groups in total. The molecule has 3 heteroatoms. The molecule has 1 aromatic rings. The Bertz CT molecular complexity index is 421. The Morgan fingerprint density at radius 3 is 2.60 bits per heavy atom. The van der Waals surface area contributed by atoms with Gasteiger partial charge in [0.1, 0.15) is 18.1 Å². The molecule has 0 saturated heterocycles. The molecule has 0 radical (unpaired) electrons. The van der Waals surface area contributed by atoms with E-state index in [0.717, 1.165) is 36.6 Å². The monoisotopic (exact) mass is 277 g/mol. The molecule has 0 fully saturated rings. The van der Waals surface area contributed by atoms with Crippen molar-refractivity contribution in [3.05, 3.63) is 36.4 Å². The molecule has 1 aromatic carbocycles. The van der Waals surface area contributed by atoms with Crippen molar-refractivity contribution in [2.75, 3.05) is 13.2 Å². The van der Waals surface area contributed by atoms with E-state index >= 15 is 0 Å². The van der Waals surface area contributed by atoms with Crippen LogP contribution in [-0.2, 0) is 6.54 Å². The van der Waals surface area contributed by atoms with Gasteiger partial charge in [-0.1, -0.05) is 25.6 Å². The number of nitrogens with one attached hydrogen (secondary N) is 1. The van der Waals surface area contributed by atoms with Crippen LogP contribution in [0, 0.1) is 0 Å². The molecule has 1 rings (SSSR count). The van der Waals surface area contributed by atoms with Gasteiger partial charge in [-0.25, -0.2) is 0 Å². The van der Waals surface area contributed by atoms with Crippen LogP contribution in [0.1, 0.15) is 39.7 Å². The molecule has 3 nitrogen and oxygen atoms in total. The Morgan fingerprint density at radius 1 is 1.25 bits per heavy atom. The first kappa shape index (κ1) is 16.6. The van der Waals surface area contributed by atoms with E-state index in [0.29, 0.717) is 6.61 Å². The van der Waals surface area contributed by atoms with Gasteiger partial charge in [-0.05, 0) is 33.3 Å². The number of benzene rings is 1. The zero-order chi connectivity index (χ0) is 15.0. The van der Waals surface area contributed by atoms with Gasteiger partial charge in [0, 0.05) is 23.7 Å². The quantitative estimate of drug-likeness (QED) is 0.730. The Balaban J connectivity index is 2.82. The average Bonchev–Trinajstić information content (AvgIpc) is 2.40. The Kier molecular flexibility index (Phi) is 6.59. The Labute approximate surface area is 123 Å². The van der Waals surface area contributed by atoms with E-state index in [1.165, 1.54) is 0 Å². The number of hydrogen-bond acceptors (Lipinski definition) is 3. The minimum Gasteiger partial charge on any atom is -0.493 e. The summed E-state index contributed by atoms with van der Waals surface area (Å²) in [7, 11) is 0. The predicted molar refractivity (Wildman–Crippen MR) is 84.5 cm³/mol. The zero-order valence-corrected chi connectivity index (χ0v) is 13.2. The van der Waals surface area contributed by atoms with Crippen molar-refractivity contribution in [3.8, 4) is 11.5 Å². The highest BCUT2D eigenvalue weighted by Gasteiger charge is 2.11. The highest BCUT2D eigenvalue weighted by molar-refractivity contribution is 5.41. The molecular weight excluding hydrogens is 250 g/mol. The van der Waals surface area contributed by atoms with Crippen LogP contribution in [0.5, 0.6) is 11.5 Å². The topological polar surface area (TPSA) is 30.5 Å². The standard InChI is InChI=1S/C17H27NO2/c1-6-10-19-15-9-8-14(13-18-17(3,4)5)16(12-15)20-11-7-2/h7-9,12,18H,2,6,10-11,13H2,1,3-5H3. The van der Waals surface area contributed by atoms with Gasteiger partial charge < -0.3 is 14.8 Å². The van der Waals surface area contributed by atoms with Crippen molar-refractivity contribution in [2.24, 2.45) is 0 Å². The summed E-state index contributed by atoms with van der Waals surface area (Å²) in [5, 5.41) is 3.47. The summed E-state index contributed by atoms with van der Waals surface area (Å²) in [6.45, 7) is 14.2. The first-order valence-electron chi connectivity index (χ1n) is 7.20. The lowest BCUT2D eigenvalue weighted by Gasteiger charge is -2.22. The molecule has 0 aliphatic carbocycles. The third kappa shape index (κ3) is 6.11. The van der Waals surface area contributed by atoms with Gasteiger partial charge in [0.25, 0.3) is 0 Å². The van der Waals surface area contributed by atoms with E-state index in [-0.39, 0.29) is 5.54 Å². The highest BCUT2D eigenvalue weighted by Crippen LogP contribution is 2.25. The number of rotatable bonds is 8. The molecule has 0 saturated carbocycles. The maximum atomic E-state index is 5.73. The molecular formula is C17H27NO2. The zero-order valence-electron chi connectivity index (χ0n) is 13.2. The molecule has 0 heterocycles. The van der Waals surface area contributed by atoms with Gasteiger partial charge in [0.15, 0.2) is 0 Å². The lowest BCUT2D eigenvalue weighted by molar-refractivity contribution is 0.310. The lowest BCUT2D eigenvalue weighted by atomic mass is 10.1. The molecule has 112 valence electrons. The van der Waals surface area contributed by atoms with Gasteiger partial charge in [-0.3, -0.25) is 0 Å². The fourth-order valence-electron chi connectivity index (χ4n) is 1.63. The molecule has 0 bridgehead atoms. The lowest BCUT2D eigenvalue weighted by Crippen LogP contribution is -2.35. The van der Waals surface area contributed by atoms with Crippen LogP contribution < -0.4 is 14.8 Å². The average molecular weight is 277 g/mol. The van der Waals surface area contributed by atoms with E-state index < -0.39 is 0 Å². The van der Waals surface area contributed by atoms with Crippen molar-refractivity contribution < 1.29 is 9.47 Å². The van der Waals surface area contributed by atoms with E-state index in [2.05, 4.69) is 45.7 Å². The van der Waals surface area contributed by atoms with Crippen LogP contribution in [0.3, 0.4) is 0 Å². The van der Waals surface area contributed by atoms with Crippen molar-refractivity contribution in [1.82, 2.24) is 5.32 Å². The molecule has 0 aromatic heterocycles. The second kappa shape index (κ2) is 7.95. The summed E-state index contributed by atoms with van der Waals surface area (Å²) in [5.74, 6) is 1.71. The van der Waals surface area contributed by atoms with Gasteiger partial charge in [0.05, 0.1) is 6.61 Å². The summed E-state index contributed by atoms with van der Waals surface area (Å²) in [6, 6.07) is 6.01. The van der Waals surface area contributed by atoms with Crippen LogP contribution in [0.25, 0.3) is 0 Å². The molecule has 0 aliphatic rings. The SMILES string of the molecule is C=CCOc1cc(OCCC)ccc1CNC(C)(C)C. The van der Waals surface area contributed by atoms with Crippen molar-refractivity contribution in [2.45, 2.75) is 46.2 Å². The summed E-state index contributed by atoms with van der Waals surface area (Å²) < 4.78 is 11.4. The molecule has 0 spiro atoms. The molecule has 0 atom stereocenters. The van der Waals surface area contributed by atoms with Crippen LogP contribution in [0.2, 0.25) is 0 Å². The Morgan fingerprint density at radius 2 is 2.00 bits per heavy atom. The fraction of sp³-hybridized carbons (Fsp3) is 0.529.